The fourth-order valence-corrected chi connectivity index (χ4v) is 3.47. The molecule has 0 unspecified atom stereocenters. The van der Waals surface area contributed by atoms with Crippen LogP contribution in [0.15, 0.2) is 36.5 Å². The molecule has 0 bridgehead atoms. The van der Waals surface area contributed by atoms with E-state index in [1.165, 1.54) is 0 Å². The van der Waals surface area contributed by atoms with Crippen molar-refractivity contribution in [3.63, 3.8) is 0 Å². The number of hydrogen-bond acceptors (Lipinski definition) is 5. The maximum absolute atomic E-state index is 12.8. The fraction of sp³-hybridized carbons (Fsp3) is 0.350. The van der Waals surface area contributed by atoms with Crippen LogP contribution < -0.4 is 10.2 Å². The summed E-state index contributed by atoms with van der Waals surface area (Å²) in [4.78, 5) is 20.2. The van der Waals surface area contributed by atoms with Crippen LogP contribution in [0.25, 0.3) is 0 Å². The largest absolute Gasteiger partial charge is 0.417 e. The Morgan fingerprint density at radius 2 is 1.87 bits per heavy atom. The first kappa shape index (κ1) is 21.9. The van der Waals surface area contributed by atoms with Gasteiger partial charge in [0.2, 0.25) is 5.91 Å². The van der Waals surface area contributed by atoms with Crippen molar-refractivity contribution in [2.45, 2.75) is 19.1 Å². The van der Waals surface area contributed by atoms with Gasteiger partial charge in [-0.2, -0.15) is 18.4 Å². The number of hydrogen-bond donors (Lipinski definition) is 1. The van der Waals surface area contributed by atoms with E-state index in [1.54, 1.807) is 31.2 Å². The van der Waals surface area contributed by atoms with E-state index in [0.29, 0.717) is 43.2 Å². The minimum absolute atomic E-state index is 0.0510. The highest BCUT2D eigenvalue weighted by atomic mass is 35.5. The SMILES string of the molecule is C[C@H](C(=O)Nc1ccc(C#N)cc1)N1CCN(c2ncc(C(F)(F)F)cc2Cl)CC1. The Hall–Kier alpha value is -2.83. The monoisotopic (exact) mass is 437 g/mol. The van der Waals surface area contributed by atoms with E-state index >= 15 is 0 Å². The molecule has 0 saturated carbocycles. The van der Waals surface area contributed by atoms with Crippen molar-refractivity contribution < 1.29 is 18.0 Å². The lowest BCUT2D eigenvalue weighted by molar-refractivity contribution is -0.137. The maximum atomic E-state index is 12.8. The molecular formula is C20H19ClF3N5O. The summed E-state index contributed by atoms with van der Waals surface area (Å²) in [5, 5.41) is 11.6. The molecule has 1 amide bonds. The Labute approximate surface area is 176 Å². The van der Waals surface area contributed by atoms with Crippen LogP contribution in [0.4, 0.5) is 24.7 Å². The number of amides is 1. The van der Waals surface area contributed by atoms with E-state index in [0.717, 1.165) is 12.3 Å². The van der Waals surface area contributed by atoms with Gasteiger partial charge in [0, 0.05) is 38.1 Å². The van der Waals surface area contributed by atoms with Crippen LogP contribution in [0, 0.1) is 11.3 Å². The number of pyridine rings is 1. The molecule has 0 aliphatic carbocycles. The number of anilines is 2. The number of nitrogens with one attached hydrogen (secondary N) is 1. The van der Waals surface area contributed by atoms with E-state index in [2.05, 4.69) is 10.3 Å². The van der Waals surface area contributed by atoms with Gasteiger partial charge in [0.15, 0.2) is 0 Å². The van der Waals surface area contributed by atoms with E-state index in [1.807, 2.05) is 15.9 Å². The minimum Gasteiger partial charge on any atom is -0.353 e. The van der Waals surface area contributed by atoms with Gasteiger partial charge in [-0.15, -0.1) is 0 Å². The molecule has 158 valence electrons. The smallest absolute Gasteiger partial charge is 0.353 e. The van der Waals surface area contributed by atoms with Crippen molar-refractivity contribution in [1.29, 1.82) is 5.26 Å². The highest BCUT2D eigenvalue weighted by Gasteiger charge is 2.33. The van der Waals surface area contributed by atoms with E-state index in [4.69, 9.17) is 16.9 Å². The zero-order valence-corrected chi connectivity index (χ0v) is 16.8. The molecule has 1 aromatic heterocycles. The molecule has 1 N–H and O–H groups in total. The summed E-state index contributed by atoms with van der Waals surface area (Å²) in [6.45, 7) is 3.80. The molecule has 1 aromatic carbocycles. The highest BCUT2D eigenvalue weighted by Crippen LogP contribution is 2.33. The molecule has 3 rings (SSSR count). The maximum Gasteiger partial charge on any atom is 0.417 e. The third-order valence-corrected chi connectivity index (χ3v) is 5.25. The van der Waals surface area contributed by atoms with Crippen molar-refractivity contribution in [3.8, 4) is 6.07 Å². The van der Waals surface area contributed by atoms with Crippen LogP contribution in [0.1, 0.15) is 18.1 Å². The number of halogens is 4. The summed E-state index contributed by atoms with van der Waals surface area (Å²) in [5.41, 5.74) is 0.223. The van der Waals surface area contributed by atoms with Gasteiger partial charge in [-0.25, -0.2) is 4.98 Å². The Kier molecular flexibility index (Phi) is 6.48. The zero-order chi connectivity index (χ0) is 21.9. The van der Waals surface area contributed by atoms with Crippen molar-refractivity contribution >= 4 is 29.0 Å². The standard InChI is InChI=1S/C20H19ClF3N5O/c1-13(19(30)27-16-4-2-14(11-25)3-5-16)28-6-8-29(9-7-28)18-17(21)10-15(12-26-18)20(22,23)24/h2-5,10,12-13H,6-9H2,1H3,(H,27,30)/t13-/m1/s1. The average Bonchev–Trinajstić information content (AvgIpc) is 2.73. The number of alkyl halides is 3. The number of carbonyl (C=O) groups is 1. The van der Waals surface area contributed by atoms with Crippen molar-refractivity contribution in [3.05, 3.63) is 52.7 Å². The Bertz CT molecular complexity index is 950. The molecule has 2 aromatic rings. The third-order valence-electron chi connectivity index (χ3n) is 4.97. The molecule has 2 heterocycles. The fourth-order valence-electron chi connectivity index (χ4n) is 3.18. The lowest BCUT2D eigenvalue weighted by atomic mass is 10.2. The quantitative estimate of drug-likeness (QED) is 0.788. The first-order valence-corrected chi connectivity index (χ1v) is 9.59. The van der Waals surface area contributed by atoms with E-state index < -0.39 is 17.8 Å². The van der Waals surface area contributed by atoms with Gasteiger partial charge in [0.25, 0.3) is 0 Å². The van der Waals surface area contributed by atoms with Gasteiger partial charge in [-0.1, -0.05) is 11.6 Å². The van der Waals surface area contributed by atoms with Gasteiger partial charge in [-0.05, 0) is 37.3 Å². The lowest BCUT2D eigenvalue weighted by Gasteiger charge is -2.38. The predicted molar refractivity (Wildman–Crippen MR) is 107 cm³/mol. The van der Waals surface area contributed by atoms with Crippen LogP contribution >= 0.6 is 11.6 Å². The molecule has 30 heavy (non-hydrogen) atoms. The second-order valence-electron chi connectivity index (χ2n) is 6.90. The second kappa shape index (κ2) is 8.90. The van der Waals surface area contributed by atoms with E-state index in [-0.39, 0.29) is 10.9 Å². The molecule has 0 radical (unpaired) electrons. The van der Waals surface area contributed by atoms with Crippen LogP contribution in [0.2, 0.25) is 5.02 Å². The average molecular weight is 438 g/mol. The van der Waals surface area contributed by atoms with Crippen LogP contribution in [-0.4, -0.2) is 48.0 Å². The topological polar surface area (TPSA) is 72.3 Å². The van der Waals surface area contributed by atoms with E-state index in [9.17, 15) is 18.0 Å². The van der Waals surface area contributed by atoms with Crippen molar-refractivity contribution in [1.82, 2.24) is 9.88 Å². The first-order chi connectivity index (χ1) is 14.2. The number of nitrogens with zero attached hydrogens (tertiary/aromatic N) is 4. The summed E-state index contributed by atoms with van der Waals surface area (Å²) >= 11 is 6.03. The summed E-state index contributed by atoms with van der Waals surface area (Å²) in [5.74, 6) is 0.123. The Morgan fingerprint density at radius 1 is 1.23 bits per heavy atom. The summed E-state index contributed by atoms with van der Waals surface area (Å²) in [7, 11) is 0. The summed E-state index contributed by atoms with van der Waals surface area (Å²) in [6.07, 6.45) is -3.72. The first-order valence-electron chi connectivity index (χ1n) is 9.22. The van der Waals surface area contributed by atoms with Crippen molar-refractivity contribution in [2.24, 2.45) is 0 Å². The van der Waals surface area contributed by atoms with Gasteiger partial charge in [-0.3, -0.25) is 9.69 Å². The number of carbonyl (C=O) groups excluding carboxylic acids is 1. The molecule has 1 aliphatic rings. The van der Waals surface area contributed by atoms with Crippen LogP contribution in [0.5, 0.6) is 0 Å². The Balaban J connectivity index is 1.58. The molecule has 1 saturated heterocycles. The van der Waals surface area contributed by atoms with Crippen LogP contribution in [-0.2, 0) is 11.0 Å². The zero-order valence-electron chi connectivity index (χ0n) is 16.1. The lowest BCUT2D eigenvalue weighted by Crippen LogP contribution is -2.53. The van der Waals surface area contributed by atoms with Crippen LogP contribution in [0.3, 0.4) is 0 Å². The summed E-state index contributed by atoms with van der Waals surface area (Å²) < 4.78 is 38.3. The number of benzene rings is 1. The van der Waals surface area contributed by atoms with Gasteiger partial charge in [0.1, 0.15) is 5.82 Å². The molecule has 1 fully saturated rings. The number of piperazine rings is 1. The Morgan fingerprint density at radius 3 is 2.40 bits per heavy atom. The molecule has 6 nitrogen and oxygen atoms in total. The normalized spacial score (nSPS) is 16.1. The molecule has 1 atom stereocenters. The molecule has 10 heteroatoms. The molecule has 1 aliphatic heterocycles. The van der Waals surface area contributed by atoms with Gasteiger partial charge in [0.05, 0.1) is 28.3 Å². The number of aromatic nitrogens is 1. The van der Waals surface area contributed by atoms with Gasteiger partial charge >= 0.3 is 6.18 Å². The highest BCUT2D eigenvalue weighted by molar-refractivity contribution is 6.33. The molecule has 0 spiro atoms. The van der Waals surface area contributed by atoms with Crippen molar-refractivity contribution in [2.75, 3.05) is 36.4 Å². The minimum atomic E-state index is -4.49. The number of rotatable bonds is 4. The second-order valence-corrected chi connectivity index (χ2v) is 7.31. The number of nitriles is 1. The third kappa shape index (κ3) is 5.01. The summed E-state index contributed by atoms with van der Waals surface area (Å²) in [6, 6.07) is 9.07. The predicted octanol–water partition coefficient (Wildman–Crippen LogP) is 3.77. The molecular weight excluding hydrogens is 419 g/mol. The van der Waals surface area contributed by atoms with Gasteiger partial charge < -0.3 is 10.2 Å².